The quantitative estimate of drug-likeness (QED) is 0.770. The van der Waals surface area contributed by atoms with Gasteiger partial charge in [0, 0.05) is 18.2 Å². The Kier molecular flexibility index (Phi) is 6.75. The van der Waals surface area contributed by atoms with E-state index < -0.39 is 5.82 Å². The van der Waals surface area contributed by atoms with Gasteiger partial charge < -0.3 is 19.9 Å². The molecule has 2 aromatic rings. The zero-order valence-electron chi connectivity index (χ0n) is 14.3. The minimum atomic E-state index is -0.399. The van der Waals surface area contributed by atoms with Crippen LogP contribution in [-0.2, 0) is 6.54 Å². The van der Waals surface area contributed by atoms with E-state index in [-0.39, 0.29) is 19.3 Å². The topological polar surface area (TPSA) is 74.5 Å². The zero-order valence-corrected chi connectivity index (χ0v) is 14.3. The Morgan fingerprint density at radius 2 is 2.04 bits per heavy atom. The number of nitriles is 1. The summed E-state index contributed by atoms with van der Waals surface area (Å²) >= 11 is 0. The highest BCUT2D eigenvalue weighted by Gasteiger charge is 2.12. The number of benzene rings is 2. The van der Waals surface area contributed by atoms with Crippen molar-refractivity contribution in [1.82, 2.24) is 5.32 Å². The van der Waals surface area contributed by atoms with E-state index in [1.165, 1.54) is 6.07 Å². The van der Waals surface area contributed by atoms with Gasteiger partial charge in [-0.3, -0.25) is 0 Å². The molecule has 1 atom stereocenters. The number of rotatable bonds is 8. The molecule has 0 heterocycles. The van der Waals surface area contributed by atoms with Crippen LogP contribution in [-0.4, -0.2) is 25.4 Å². The molecule has 0 aliphatic rings. The van der Waals surface area contributed by atoms with Crippen LogP contribution < -0.4 is 14.8 Å². The van der Waals surface area contributed by atoms with Crippen molar-refractivity contribution >= 4 is 0 Å². The first-order valence-corrected chi connectivity index (χ1v) is 7.92. The molecule has 0 bridgehead atoms. The van der Waals surface area contributed by atoms with E-state index in [9.17, 15) is 4.39 Å². The summed E-state index contributed by atoms with van der Waals surface area (Å²) in [7, 11) is 1.55. The molecule has 0 aliphatic heterocycles. The van der Waals surface area contributed by atoms with Crippen molar-refractivity contribution in [3.8, 4) is 17.6 Å². The van der Waals surface area contributed by atoms with E-state index in [2.05, 4.69) is 5.32 Å². The van der Waals surface area contributed by atoms with Gasteiger partial charge in [0.25, 0.3) is 0 Å². The molecule has 2 N–H and O–H groups in total. The molecule has 0 amide bonds. The predicted molar refractivity (Wildman–Crippen MR) is 91.9 cm³/mol. The van der Waals surface area contributed by atoms with Gasteiger partial charge in [-0.2, -0.15) is 5.26 Å². The van der Waals surface area contributed by atoms with Crippen molar-refractivity contribution in [2.45, 2.75) is 19.5 Å². The molecular formula is C19H21FN2O3. The molecule has 0 radical (unpaired) electrons. The first kappa shape index (κ1) is 18.7. The van der Waals surface area contributed by atoms with Gasteiger partial charge in [-0.25, -0.2) is 4.39 Å². The van der Waals surface area contributed by atoms with Crippen molar-refractivity contribution in [3.05, 3.63) is 58.9 Å². The largest absolute Gasteiger partial charge is 0.493 e. The third kappa shape index (κ3) is 4.92. The maximum atomic E-state index is 14.1. The molecule has 0 saturated carbocycles. The van der Waals surface area contributed by atoms with Crippen LogP contribution in [0.3, 0.4) is 0 Å². The Hall–Kier alpha value is -2.62. The summed E-state index contributed by atoms with van der Waals surface area (Å²) in [6, 6.07) is 11.7. The number of aliphatic hydroxyl groups excluding tert-OH is 1. The molecule has 132 valence electrons. The molecule has 6 heteroatoms. The summed E-state index contributed by atoms with van der Waals surface area (Å²) in [6.07, 6.45) is 0. The van der Waals surface area contributed by atoms with Crippen molar-refractivity contribution in [1.29, 1.82) is 5.26 Å². The number of halogens is 1. The average Bonchev–Trinajstić information content (AvgIpc) is 2.64. The normalized spacial score (nSPS) is 11.6. The molecule has 25 heavy (non-hydrogen) atoms. The van der Waals surface area contributed by atoms with Gasteiger partial charge in [0.15, 0.2) is 11.5 Å². The van der Waals surface area contributed by atoms with Gasteiger partial charge in [-0.15, -0.1) is 0 Å². The Morgan fingerprint density at radius 3 is 2.68 bits per heavy atom. The SMILES string of the molecule is COc1cc(CNC(C)c2ccc(C#N)cc2F)ccc1OCCO. The number of nitrogens with zero attached hydrogens (tertiary/aromatic N) is 1. The van der Waals surface area contributed by atoms with E-state index in [1.807, 2.05) is 25.1 Å². The van der Waals surface area contributed by atoms with Gasteiger partial charge in [-0.1, -0.05) is 12.1 Å². The summed E-state index contributed by atoms with van der Waals surface area (Å²) in [5.41, 5.74) is 1.76. The second kappa shape index (κ2) is 9.02. The van der Waals surface area contributed by atoms with Gasteiger partial charge >= 0.3 is 0 Å². The minimum absolute atomic E-state index is 0.0693. The second-order valence-corrected chi connectivity index (χ2v) is 5.51. The van der Waals surface area contributed by atoms with Crippen LogP contribution in [0.15, 0.2) is 36.4 Å². The van der Waals surface area contributed by atoms with Crippen LogP contribution in [0, 0.1) is 17.1 Å². The Bertz CT molecular complexity index is 759. The number of ether oxygens (including phenoxy) is 2. The fourth-order valence-electron chi connectivity index (χ4n) is 2.43. The highest BCUT2D eigenvalue weighted by Crippen LogP contribution is 2.28. The van der Waals surface area contributed by atoms with E-state index in [0.717, 1.165) is 5.56 Å². The second-order valence-electron chi connectivity index (χ2n) is 5.51. The number of methoxy groups -OCH3 is 1. The maximum Gasteiger partial charge on any atom is 0.161 e. The summed E-state index contributed by atoms with van der Waals surface area (Å²) in [4.78, 5) is 0. The lowest BCUT2D eigenvalue weighted by molar-refractivity contribution is 0.196. The lowest BCUT2D eigenvalue weighted by atomic mass is 10.0. The van der Waals surface area contributed by atoms with Gasteiger partial charge in [-0.05, 0) is 36.8 Å². The van der Waals surface area contributed by atoms with E-state index in [4.69, 9.17) is 19.8 Å². The summed E-state index contributed by atoms with van der Waals surface area (Å²) in [5.74, 6) is 0.737. The highest BCUT2D eigenvalue weighted by atomic mass is 19.1. The zero-order chi connectivity index (χ0) is 18.2. The molecule has 0 aliphatic carbocycles. The lowest BCUT2D eigenvalue weighted by Gasteiger charge is -2.16. The van der Waals surface area contributed by atoms with Crippen LogP contribution in [0.1, 0.15) is 29.7 Å². The fraction of sp³-hybridized carbons (Fsp3) is 0.316. The van der Waals surface area contributed by atoms with Crippen molar-refractivity contribution in [3.63, 3.8) is 0 Å². The third-order valence-electron chi connectivity index (χ3n) is 3.79. The van der Waals surface area contributed by atoms with Crippen LogP contribution in [0.25, 0.3) is 0 Å². The van der Waals surface area contributed by atoms with E-state index in [1.54, 1.807) is 25.3 Å². The number of aliphatic hydroxyl groups is 1. The number of nitrogens with one attached hydrogen (secondary N) is 1. The number of hydrogen-bond donors (Lipinski definition) is 2. The molecule has 0 spiro atoms. The van der Waals surface area contributed by atoms with Crippen LogP contribution in [0.5, 0.6) is 11.5 Å². The first-order chi connectivity index (χ1) is 12.1. The smallest absolute Gasteiger partial charge is 0.161 e. The Balaban J connectivity index is 2.04. The molecule has 1 unspecified atom stereocenters. The van der Waals surface area contributed by atoms with Gasteiger partial charge in [0.05, 0.1) is 25.3 Å². The molecule has 0 saturated heterocycles. The number of hydrogen-bond acceptors (Lipinski definition) is 5. The van der Waals surface area contributed by atoms with Gasteiger partial charge in [0.2, 0.25) is 0 Å². The maximum absolute atomic E-state index is 14.1. The molecule has 5 nitrogen and oxygen atoms in total. The molecule has 2 aromatic carbocycles. The van der Waals surface area contributed by atoms with Crippen molar-refractivity contribution < 1.29 is 19.0 Å². The molecular weight excluding hydrogens is 323 g/mol. The minimum Gasteiger partial charge on any atom is -0.493 e. The van der Waals surface area contributed by atoms with E-state index >= 15 is 0 Å². The molecule has 2 rings (SSSR count). The summed E-state index contributed by atoms with van der Waals surface area (Å²) in [6.45, 7) is 2.50. The average molecular weight is 344 g/mol. The lowest BCUT2D eigenvalue weighted by Crippen LogP contribution is -2.19. The van der Waals surface area contributed by atoms with Crippen LogP contribution in [0.4, 0.5) is 4.39 Å². The Labute approximate surface area is 146 Å². The van der Waals surface area contributed by atoms with Crippen LogP contribution in [0.2, 0.25) is 0 Å². The summed E-state index contributed by atoms with van der Waals surface area (Å²) < 4.78 is 24.7. The summed E-state index contributed by atoms with van der Waals surface area (Å²) in [5, 5.41) is 20.9. The highest BCUT2D eigenvalue weighted by molar-refractivity contribution is 5.43. The third-order valence-corrected chi connectivity index (χ3v) is 3.79. The van der Waals surface area contributed by atoms with Gasteiger partial charge in [0.1, 0.15) is 12.4 Å². The standard InChI is InChI=1S/C19H21FN2O3/c1-13(16-5-3-14(11-21)9-17(16)20)22-12-15-4-6-18(25-8-7-23)19(10-15)24-2/h3-6,9-10,13,22-23H,7-8,12H2,1-2H3. The van der Waals surface area contributed by atoms with E-state index in [0.29, 0.717) is 29.2 Å². The Morgan fingerprint density at radius 1 is 1.24 bits per heavy atom. The molecule has 0 aromatic heterocycles. The fourth-order valence-corrected chi connectivity index (χ4v) is 2.43. The predicted octanol–water partition coefficient (Wildman–Crippen LogP) is 2.93. The molecule has 0 fully saturated rings. The first-order valence-electron chi connectivity index (χ1n) is 7.92. The van der Waals surface area contributed by atoms with Crippen molar-refractivity contribution in [2.75, 3.05) is 20.3 Å². The van der Waals surface area contributed by atoms with Crippen molar-refractivity contribution in [2.24, 2.45) is 0 Å². The van der Waals surface area contributed by atoms with Crippen LogP contribution >= 0.6 is 0 Å². The monoisotopic (exact) mass is 344 g/mol.